The zero-order valence-corrected chi connectivity index (χ0v) is 6.15. The molecule has 2 heteroatoms. The van der Waals surface area contributed by atoms with Crippen molar-refractivity contribution in [1.29, 1.82) is 0 Å². The van der Waals surface area contributed by atoms with Crippen LogP contribution < -0.4 is 0 Å². The Hall–Kier alpha value is -0.370. The highest BCUT2D eigenvalue weighted by Crippen LogP contribution is 2.03. The second kappa shape index (κ2) is 4.50. The SMILES string of the molecule is C/C=C(/C)C(C)OCF. The fourth-order valence-electron chi connectivity index (χ4n) is 0.461. The van der Waals surface area contributed by atoms with Gasteiger partial charge in [-0.3, -0.25) is 0 Å². The normalized spacial score (nSPS) is 15.8. The van der Waals surface area contributed by atoms with E-state index in [1.165, 1.54) is 0 Å². The fourth-order valence-corrected chi connectivity index (χ4v) is 0.461. The van der Waals surface area contributed by atoms with E-state index in [2.05, 4.69) is 4.74 Å². The Labute approximate surface area is 55.5 Å². The molecule has 0 N–H and O–H groups in total. The first kappa shape index (κ1) is 8.63. The van der Waals surface area contributed by atoms with Crippen LogP contribution >= 0.6 is 0 Å². The second-order valence-corrected chi connectivity index (χ2v) is 1.95. The summed E-state index contributed by atoms with van der Waals surface area (Å²) in [6.07, 6.45) is 1.83. The van der Waals surface area contributed by atoms with Gasteiger partial charge in [-0.2, -0.15) is 0 Å². The number of hydrogen-bond donors (Lipinski definition) is 0. The minimum absolute atomic E-state index is 0.0833. The Kier molecular flexibility index (Phi) is 4.32. The summed E-state index contributed by atoms with van der Waals surface area (Å²) in [5.41, 5.74) is 1.06. The van der Waals surface area contributed by atoms with E-state index in [0.29, 0.717) is 0 Å². The van der Waals surface area contributed by atoms with Gasteiger partial charge in [0.25, 0.3) is 0 Å². The number of alkyl halides is 1. The molecule has 1 unspecified atom stereocenters. The van der Waals surface area contributed by atoms with Gasteiger partial charge in [0.05, 0.1) is 6.10 Å². The smallest absolute Gasteiger partial charge is 0.188 e. The lowest BCUT2D eigenvalue weighted by molar-refractivity contribution is 0.0237. The van der Waals surface area contributed by atoms with Crippen LogP contribution in [0.1, 0.15) is 20.8 Å². The van der Waals surface area contributed by atoms with E-state index >= 15 is 0 Å². The summed E-state index contributed by atoms with van der Waals surface area (Å²) in [5, 5.41) is 0. The van der Waals surface area contributed by atoms with Gasteiger partial charge in [0, 0.05) is 0 Å². The van der Waals surface area contributed by atoms with Crippen LogP contribution in [0.5, 0.6) is 0 Å². The van der Waals surface area contributed by atoms with Gasteiger partial charge < -0.3 is 4.74 Å². The molecular formula is C7H13FO. The monoisotopic (exact) mass is 132 g/mol. The van der Waals surface area contributed by atoms with Gasteiger partial charge in [0.15, 0.2) is 6.86 Å². The van der Waals surface area contributed by atoms with Gasteiger partial charge in [-0.25, -0.2) is 4.39 Å². The third-order valence-electron chi connectivity index (χ3n) is 1.41. The molecule has 0 spiro atoms. The van der Waals surface area contributed by atoms with Gasteiger partial charge >= 0.3 is 0 Å². The fraction of sp³-hybridized carbons (Fsp3) is 0.714. The molecule has 0 radical (unpaired) electrons. The summed E-state index contributed by atoms with van der Waals surface area (Å²) in [7, 11) is 0. The lowest BCUT2D eigenvalue weighted by Crippen LogP contribution is -2.07. The lowest BCUT2D eigenvalue weighted by atomic mass is 10.2. The largest absolute Gasteiger partial charge is 0.343 e. The number of hydrogen-bond acceptors (Lipinski definition) is 1. The molecule has 1 atom stereocenters. The van der Waals surface area contributed by atoms with E-state index in [1.807, 2.05) is 26.8 Å². The average molecular weight is 132 g/mol. The maximum absolute atomic E-state index is 11.5. The van der Waals surface area contributed by atoms with Gasteiger partial charge in [0.1, 0.15) is 0 Å². The summed E-state index contributed by atoms with van der Waals surface area (Å²) >= 11 is 0. The first-order valence-corrected chi connectivity index (χ1v) is 3.02. The van der Waals surface area contributed by atoms with Crippen molar-refractivity contribution in [2.45, 2.75) is 26.9 Å². The van der Waals surface area contributed by atoms with Crippen molar-refractivity contribution >= 4 is 0 Å². The van der Waals surface area contributed by atoms with E-state index in [0.717, 1.165) is 5.57 Å². The highest BCUT2D eigenvalue weighted by molar-refractivity contribution is 5.01. The Morgan fingerprint density at radius 3 is 2.67 bits per heavy atom. The van der Waals surface area contributed by atoms with Crippen LogP contribution in [0, 0.1) is 0 Å². The standard InChI is InChI=1S/C7H13FO/c1-4-6(2)7(3)9-5-8/h4,7H,5H2,1-3H3/b6-4-. The molecule has 0 aromatic rings. The first-order valence-electron chi connectivity index (χ1n) is 3.02. The van der Waals surface area contributed by atoms with Crippen molar-refractivity contribution in [3.8, 4) is 0 Å². The Morgan fingerprint density at radius 1 is 1.78 bits per heavy atom. The Balaban J connectivity index is 3.59. The van der Waals surface area contributed by atoms with E-state index < -0.39 is 6.86 Å². The molecule has 0 aromatic heterocycles. The van der Waals surface area contributed by atoms with E-state index in [9.17, 15) is 4.39 Å². The first-order chi connectivity index (χ1) is 4.22. The van der Waals surface area contributed by atoms with Crippen LogP contribution in [0.25, 0.3) is 0 Å². The van der Waals surface area contributed by atoms with Crippen LogP contribution in [0.15, 0.2) is 11.6 Å². The topological polar surface area (TPSA) is 9.23 Å². The summed E-state index contributed by atoms with van der Waals surface area (Å²) in [6.45, 7) is 4.95. The second-order valence-electron chi connectivity index (χ2n) is 1.95. The Morgan fingerprint density at radius 2 is 2.33 bits per heavy atom. The molecule has 0 aliphatic heterocycles. The minimum Gasteiger partial charge on any atom is -0.343 e. The summed E-state index contributed by atoms with van der Waals surface area (Å²) in [4.78, 5) is 0. The number of rotatable bonds is 3. The molecule has 0 rings (SSSR count). The van der Waals surface area contributed by atoms with Gasteiger partial charge in [-0.15, -0.1) is 0 Å². The molecule has 0 saturated carbocycles. The molecule has 1 nitrogen and oxygen atoms in total. The van der Waals surface area contributed by atoms with Gasteiger partial charge in [-0.05, 0) is 26.3 Å². The molecule has 0 aliphatic rings. The van der Waals surface area contributed by atoms with Crippen molar-refractivity contribution < 1.29 is 9.13 Å². The summed E-state index contributed by atoms with van der Waals surface area (Å²) in [5.74, 6) is 0. The van der Waals surface area contributed by atoms with Crippen LogP contribution in [-0.2, 0) is 4.74 Å². The van der Waals surface area contributed by atoms with Crippen molar-refractivity contribution in [1.82, 2.24) is 0 Å². The van der Waals surface area contributed by atoms with Gasteiger partial charge in [-0.1, -0.05) is 6.08 Å². The molecule has 0 amide bonds. The molecule has 0 saturated heterocycles. The molecule has 0 heterocycles. The van der Waals surface area contributed by atoms with Crippen molar-refractivity contribution in [3.63, 3.8) is 0 Å². The zero-order valence-electron chi connectivity index (χ0n) is 6.15. The van der Waals surface area contributed by atoms with Crippen LogP contribution in [0.2, 0.25) is 0 Å². The molecule has 0 aromatic carbocycles. The maximum atomic E-state index is 11.5. The Bertz CT molecular complexity index is 99.1. The number of halogens is 1. The molecule has 9 heavy (non-hydrogen) atoms. The lowest BCUT2D eigenvalue weighted by Gasteiger charge is -2.09. The van der Waals surface area contributed by atoms with Crippen molar-refractivity contribution in [2.24, 2.45) is 0 Å². The van der Waals surface area contributed by atoms with E-state index in [1.54, 1.807) is 0 Å². The zero-order chi connectivity index (χ0) is 7.28. The van der Waals surface area contributed by atoms with Crippen LogP contribution in [0.4, 0.5) is 4.39 Å². The van der Waals surface area contributed by atoms with E-state index in [4.69, 9.17) is 0 Å². The van der Waals surface area contributed by atoms with Crippen molar-refractivity contribution in [2.75, 3.05) is 6.86 Å². The molecule has 0 fully saturated rings. The third kappa shape index (κ3) is 3.25. The number of allylic oxidation sites excluding steroid dienone is 1. The molecule has 0 aliphatic carbocycles. The highest BCUT2D eigenvalue weighted by Gasteiger charge is 2.00. The summed E-state index contributed by atoms with van der Waals surface area (Å²) < 4.78 is 16.2. The van der Waals surface area contributed by atoms with E-state index in [-0.39, 0.29) is 6.10 Å². The summed E-state index contributed by atoms with van der Waals surface area (Å²) in [6, 6.07) is 0. The minimum atomic E-state index is -0.702. The molecule has 54 valence electrons. The average Bonchev–Trinajstić information content (AvgIpc) is 1.87. The molecular weight excluding hydrogens is 119 g/mol. The van der Waals surface area contributed by atoms with Crippen LogP contribution in [-0.4, -0.2) is 13.0 Å². The number of ether oxygens (including phenoxy) is 1. The van der Waals surface area contributed by atoms with Crippen molar-refractivity contribution in [3.05, 3.63) is 11.6 Å². The predicted molar refractivity (Wildman–Crippen MR) is 36.0 cm³/mol. The highest BCUT2D eigenvalue weighted by atomic mass is 19.1. The van der Waals surface area contributed by atoms with Crippen LogP contribution in [0.3, 0.4) is 0 Å². The third-order valence-corrected chi connectivity index (χ3v) is 1.41. The molecule has 0 bridgehead atoms. The predicted octanol–water partition coefficient (Wildman–Crippen LogP) is 2.28. The maximum Gasteiger partial charge on any atom is 0.188 e. The quantitative estimate of drug-likeness (QED) is 0.535. The van der Waals surface area contributed by atoms with Gasteiger partial charge in [0.2, 0.25) is 0 Å².